The molecule has 0 saturated heterocycles. The number of nitrogens with one attached hydrogen (secondary N) is 2. The zero-order chi connectivity index (χ0) is 19.1. The lowest BCUT2D eigenvalue weighted by Gasteiger charge is -2.10. The zero-order valence-corrected chi connectivity index (χ0v) is 14.3. The molecular weight excluding hydrogens is 351 g/mol. The predicted octanol–water partition coefficient (Wildman–Crippen LogP) is 2.58. The van der Waals surface area contributed by atoms with Gasteiger partial charge in [-0.1, -0.05) is 30.3 Å². The summed E-state index contributed by atoms with van der Waals surface area (Å²) in [6.07, 6.45) is 0. The Balaban J connectivity index is 1.39. The lowest BCUT2D eigenvalue weighted by Crippen LogP contribution is -2.45. The Morgan fingerprint density at radius 2 is 1.30 bits per heavy atom. The van der Waals surface area contributed by atoms with Gasteiger partial charge in [-0.2, -0.15) is 0 Å². The van der Waals surface area contributed by atoms with Crippen LogP contribution in [0.1, 0.15) is 0 Å². The van der Waals surface area contributed by atoms with Gasteiger partial charge in [-0.15, -0.1) is 0 Å². The molecule has 3 rings (SSSR count). The lowest BCUT2D eigenvalue weighted by molar-refractivity contribution is -0.131. The molecule has 2 N–H and O–H groups in total. The third-order valence-corrected chi connectivity index (χ3v) is 3.62. The van der Waals surface area contributed by atoms with Crippen molar-refractivity contribution in [2.24, 2.45) is 0 Å². The second-order valence-electron chi connectivity index (χ2n) is 5.64. The van der Waals surface area contributed by atoms with Gasteiger partial charge < -0.3 is 9.47 Å². The number of fused-ring (bicyclic) bond motifs is 1. The van der Waals surface area contributed by atoms with Crippen molar-refractivity contribution in [2.45, 2.75) is 0 Å². The highest BCUT2D eigenvalue weighted by Gasteiger charge is 2.07. The molecular formula is C20H17FN2O4. The molecule has 0 aromatic heterocycles. The van der Waals surface area contributed by atoms with E-state index in [1.165, 1.54) is 24.3 Å². The van der Waals surface area contributed by atoms with E-state index in [0.29, 0.717) is 11.5 Å². The van der Waals surface area contributed by atoms with E-state index in [2.05, 4.69) is 10.9 Å². The maximum atomic E-state index is 12.8. The summed E-state index contributed by atoms with van der Waals surface area (Å²) in [5.74, 6) is -0.575. The summed E-state index contributed by atoms with van der Waals surface area (Å²) in [4.78, 5) is 23.4. The minimum Gasteiger partial charge on any atom is -0.484 e. The minimum absolute atomic E-state index is 0.253. The van der Waals surface area contributed by atoms with Crippen molar-refractivity contribution in [1.29, 1.82) is 0 Å². The van der Waals surface area contributed by atoms with Crippen LogP contribution in [0.3, 0.4) is 0 Å². The molecule has 0 saturated carbocycles. The van der Waals surface area contributed by atoms with Gasteiger partial charge in [0.1, 0.15) is 17.3 Å². The number of benzene rings is 3. The van der Waals surface area contributed by atoms with Gasteiger partial charge in [0.2, 0.25) is 0 Å². The highest BCUT2D eigenvalue weighted by molar-refractivity contribution is 5.85. The summed E-state index contributed by atoms with van der Waals surface area (Å²) < 4.78 is 23.4. The normalized spacial score (nSPS) is 10.3. The SMILES string of the molecule is O=C(COc1ccc(F)cc1)NNC(=O)COc1ccc2ccccc2c1. The van der Waals surface area contributed by atoms with Crippen molar-refractivity contribution >= 4 is 22.6 Å². The molecule has 0 radical (unpaired) electrons. The summed E-state index contributed by atoms with van der Waals surface area (Å²) in [7, 11) is 0. The van der Waals surface area contributed by atoms with Gasteiger partial charge in [0.25, 0.3) is 11.8 Å². The summed E-state index contributed by atoms with van der Waals surface area (Å²) in [6.45, 7) is -0.575. The molecule has 0 aliphatic heterocycles. The summed E-state index contributed by atoms with van der Waals surface area (Å²) in [6, 6.07) is 18.5. The standard InChI is InChI=1S/C20H17FN2O4/c21-16-6-9-17(10-7-16)26-12-19(24)22-23-20(25)13-27-18-8-5-14-3-1-2-4-15(14)11-18/h1-11H,12-13H2,(H,22,24)(H,23,25). The second kappa shape index (κ2) is 8.66. The van der Waals surface area contributed by atoms with Gasteiger partial charge in [-0.05, 0) is 47.2 Å². The zero-order valence-electron chi connectivity index (χ0n) is 14.3. The number of halogens is 1. The summed E-state index contributed by atoms with van der Waals surface area (Å²) in [5.41, 5.74) is 4.44. The number of amides is 2. The van der Waals surface area contributed by atoms with E-state index in [4.69, 9.17) is 9.47 Å². The number of hydrogen-bond acceptors (Lipinski definition) is 4. The number of rotatable bonds is 6. The lowest BCUT2D eigenvalue weighted by atomic mass is 10.1. The molecule has 0 aliphatic carbocycles. The van der Waals surface area contributed by atoms with Crippen LogP contribution in [0.15, 0.2) is 66.7 Å². The third kappa shape index (κ3) is 5.43. The number of ether oxygens (including phenoxy) is 2. The first-order chi connectivity index (χ1) is 13.1. The Hall–Kier alpha value is -3.61. The fourth-order valence-electron chi connectivity index (χ4n) is 2.30. The van der Waals surface area contributed by atoms with Crippen molar-refractivity contribution in [1.82, 2.24) is 10.9 Å². The van der Waals surface area contributed by atoms with Crippen LogP contribution in [0.2, 0.25) is 0 Å². The molecule has 0 heterocycles. The molecule has 0 aliphatic rings. The Morgan fingerprint density at radius 1 is 0.741 bits per heavy atom. The van der Waals surface area contributed by atoms with Gasteiger partial charge in [-0.25, -0.2) is 4.39 Å². The smallest absolute Gasteiger partial charge is 0.276 e. The first-order valence-electron chi connectivity index (χ1n) is 8.18. The van der Waals surface area contributed by atoms with Crippen molar-refractivity contribution in [2.75, 3.05) is 13.2 Å². The van der Waals surface area contributed by atoms with Gasteiger partial charge >= 0.3 is 0 Å². The fraction of sp³-hybridized carbons (Fsp3) is 0.100. The first kappa shape index (κ1) is 18.2. The van der Waals surface area contributed by atoms with Crippen LogP contribution in [0.25, 0.3) is 10.8 Å². The van der Waals surface area contributed by atoms with Gasteiger partial charge in [0.05, 0.1) is 0 Å². The molecule has 27 heavy (non-hydrogen) atoms. The van der Waals surface area contributed by atoms with E-state index in [9.17, 15) is 14.0 Å². The van der Waals surface area contributed by atoms with Crippen LogP contribution < -0.4 is 20.3 Å². The molecule has 3 aromatic carbocycles. The maximum absolute atomic E-state index is 12.8. The van der Waals surface area contributed by atoms with Crippen molar-refractivity contribution < 1.29 is 23.5 Å². The molecule has 2 amide bonds. The molecule has 3 aromatic rings. The Labute approximate surface area is 154 Å². The van der Waals surface area contributed by atoms with E-state index in [1.54, 1.807) is 6.07 Å². The van der Waals surface area contributed by atoms with Crippen LogP contribution in [0.5, 0.6) is 11.5 Å². The first-order valence-corrected chi connectivity index (χ1v) is 8.18. The van der Waals surface area contributed by atoms with E-state index >= 15 is 0 Å². The number of carbonyl (C=O) groups is 2. The van der Waals surface area contributed by atoms with Crippen molar-refractivity contribution in [3.05, 3.63) is 72.5 Å². The molecule has 0 spiro atoms. The summed E-state index contributed by atoms with van der Waals surface area (Å²) >= 11 is 0. The van der Waals surface area contributed by atoms with Crippen molar-refractivity contribution in [3.8, 4) is 11.5 Å². The molecule has 6 nitrogen and oxygen atoms in total. The quantitative estimate of drug-likeness (QED) is 0.656. The number of hydrogen-bond donors (Lipinski definition) is 2. The van der Waals surface area contributed by atoms with Gasteiger partial charge in [0, 0.05) is 0 Å². The average Bonchev–Trinajstić information content (AvgIpc) is 2.70. The topological polar surface area (TPSA) is 76.7 Å². The monoisotopic (exact) mass is 368 g/mol. The van der Waals surface area contributed by atoms with Crippen LogP contribution in [0.4, 0.5) is 4.39 Å². The van der Waals surface area contributed by atoms with Crippen molar-refractivity contribution in [3.63, 3.8) is 0 Å². The summed E-state index contributed by atoms with van der Waals surface area (Å²) in [5, 5.41) is 2.07. The van der Waals surface area contributed by atoms with E-state index in [1.807, 2.05) is 36.4 Å². The molecule has 0 unspecified atom stereocenters. The Bertz CT molecular complexity index is 944. The minimum atomic E-state index is -0.557. The third-order valence-electron chi connectivity index (χ3n) is 3.62. The largest absolute Gasteiger partial charge is 0.484 e. The molecule has 7 heteroatoms. The molecule has 138 valence electrons. The number of carbonyl (C=O) groups excluding carboxylic acids is 2. The second-order valence-corrected chi connectivity index (χ2v) is 5.64. The highest BCUT2D eigenvalue weighted by Crippen LogP contribution is 2.20. The molecule has 0 bridgehead atoms. The Kier molecular flexibility index (Phi) is 5.84. The number of hydrazine groups is 1. The average molecular weight is 368 g/mol. The molecule has 0 fully saturated rings. The highest BCUT2D eigenvalue weighted by atomic mass is 19.1. The van der Waals surface area contributed by atoms with E-state index in [0.717, 1.165) is 10.8 Å². The van der Waals surface area contributed by atoms with E-state index in [-0.39, 0.29) is 13.2 Å². The van der Waals surface area contributed by atoms with Gasteiger partial charge in [-0.3, -0.25) is 20.4 Å². The van der Waals surface area contributed by atoms with Crippen LogP contribution >= 0.6 is 0 Å². The van der Waals surface area contributed by atoms with Crippen LogP contribution in [-0.2, 0) is 9.59 Å². The Morgan fingerprint density at radius 3 is 1.96 bits per heavy atom. The van der Waals surface area contributed by atoms with E-state index < -0.39 is 17.6 Å². The van der Waals surface area contributed by atoms with Gasteiger partial charge in [0.15, 0.2) is 13.2 Å². The fourth-order valence-corrected chi connectivity index (χ4v) is 2.30. The van der Waals surface area contributed by atoms with Crippen LogP contribution in [-0.4, -0.2) is 25.0 Å². The van der Waals surface area contributed by atoms with Crippen LogP contribution in [0, 0.1) is 5.82 Å². The molecule has 0 atom stereocenters. The predicted molar refractivity (Wildman–Crippen MR) is 97.6 cm³/mol. The maximum Gasteiger partial charge on any atom is 0.276 e.